The van der Waals surface area contributed by atoms with Crippen molar-refractivity contribution < 1.29 is 5.11 Å². The van der Waals surface area contributed by atoms with E-state index in [9.17, 15) is 5.11 Å². The van der Waals surface area contributed by atoms with E-state index in [2.05, 4.69) is 25.8 Å². The van der Waals surface area contributed by atoms with Crippen LogP contribution < -0.4 is 0 Å². The van der Waals surface area contributed by atoms with Gasteiger partial charge in [-0.2, -0.15) is 0 Å². The largest absolute Gasteiger partial charge is 0.392 e. The van der Waals surface area contributed by atoms with Crippen LogP contribution in [-0.4, -0.2) is 35.7 Å². The number of aliphatic hydroxyl groups is 1. The standard InChI is InChI=1S/C16H31NO/c1-16(2)11-10-13(15(16)18)12-17(3)14-8-6-4-5-7-9-14/h13-15,18H,4-12H2,1-3H3. The fourth-order valence-corrected chi connectivity index (χ4v) is 3.91. The van der Waals surface area contributed by atoms with Crippen molar-refractivity contribution in [1.29, 1.82) is 0 Å². The van der Waals surface area contributed by atoms with Crippen molar-refractivity contribution in [2.45, 2.75) is 77.4 Å². The molecule has 0 aromatic carbocycles. The maximum absolute atomic E-state index is 10.4. The van der Waals surface area contributed by atoms with Crippen molar-refractivity contribution in [3.8, 4) is 0 Å². The lowest BCUT2D eigenvalue weighted by molar-refractivity contribution is 0.0297. The first kappa shape index (κ1) is 14.3. The molecule has 2 unspecified atom stereocenters. The number of nitrogens with zero attached hydrogens (tertiary/aromatic N) is 1. The zero-order valence-electron chi connectivity index (χ0n) is 12.5. The van der Waals surface area contributed by atoms with Gasteiger partial charge in [0, 0.05) is 12.6 Å². The molecule has 2 aliphatic rings. The maximum Gasteiger partial charge on any atom is 0.0631 e. The molecule has 2 atom stereocenters. The molecule has 0 heterocycles. The molecule has 2 saturated carbocycles. The molecule has 1 N–H and O–H groups in total. The van der Waals surface area contributed by atoms with Crippen LogP contribution in [0.2, 0.25) is 0 Å². The van der Waals surface area contributed by atoms with Gasteiger partial charge in [0.1, 0.15) is 0 Å². The fourth-order valence-electron chi connectivity index (χ4n) is 3.91. The fraction of sp³-hybridized carbons (Fsp3) is 1.00. The third-order valence-corrected chi connectivity index (χ3v) is 5.38. The normalized spacial score (nSPS) is 33.8. The molecular weight excluding hydrogens is 222 g/mol. The van der Waals surface area contributed by atoms with Crippen molar-refractivity contribution in [2.24, 2.45) is 11.3 Å². The second-order valence-electron chi connectivity index (χ2n) is 7.32. The van der Waals surface area contributed by atoms with Gasteiger partial charge in [-0.1, -0.05) is 39.5 Å². The first-order valence-corrected chi connectivity index (χ1v) is 7.89. The van der Waals surface area contributed by atoms with Crippen LogP contribution in [0.25, 0.3) is 0 Å². The highest BCUT2D eigenvalue weighted by molar-refractivity contribution is 4.92. The molecule has 2 fully saturated rings. The van der Waals surface area contributed by atoms with Crippen LogP contribution >= 0.6 is 0 Å². The Kier molecular flexibility index (Phi) is 4.71. The topological polar surface area (TPSA) is 23.5 Å². The van der Waals surface area contributed by atoms with Gasteiger partial charge in [0.25, 0.3) is 0 Å². The van der Waals surface area contributed by atoms with Gasteiger partial charge in [-0.15, -0.1) is 0 Å². The molecular formula is C16H31NO. The van der Waals surface area contributed by atoms with E-state index in [1.54, 1.807) is 0 Å². The summed E-state index contributed by atoms with van der Waals surface area (Å²) in [6.07, 6.45) is 10.6. The lowest BCUT2D eigenvalue weighted by Gasteiger charge is -2.32. The van der Waals surface area contributed by atoms with Gasteiger partial charge in [0.2, 0.25) is 0 Å². The minimum atomic E-state index is -0.106. The van der Waals surface area contributed by atoms with Gasteiger partial charge in [-0.3, -0.25) is 0 Å². The molecule has 106 valence electrons. The number of hydrogen-bond donors (Lipinski definition) is 1. The van der Waals surface area contributed by atoms with Crippen LogP contribution in [0.15, 0.2) is 0 Å². The van der Waals surface area contributed by atoms with Crippen molar-refractivity contribution in [2.75, 3.05) is 13.6 Å². The SMILES string of the molecule is CN(CC1CCC(C)(C)C1O)C1CCCCCC1. The Morgan fingerprint density at radius 1 is 1.06 bits per heavy atom. The summed E-state index contributed by atoms with van der Waals surface area (Å²) >= 11 is 0. The average molecular weight is 253 g/mol. The van der Waals surface area contributed by atoms with E-state index in [0.29, 0.717) is 5.92 Å². The summed E-state index contributed by atoms with van der Waals surface area (Å²) in [7, 11) is 2.27. The van der Waals surface area contributed by atoms with Gasteiger partial charge in [-0.25, -0.2) is 0 Å². The van der Waals surface area contributed by atoms with Gasteiger partial charge in [0.05, 0.1) is 6.10 Å². The molecule has 2 heteroatoms. The summed E-state index contributed by atoms with van der Waals surface area (Å²) in [5.41, 5.74) is 0.134. The van der Waals surface area contributed by atoms with Crippen molar-refractivity contribution in [3.63, 3.8) is 0 Å². The third kappa shape index (κ3) is 3.27. The summed E-state index contributed by atoms with van der Waals surface area (Å²) in [5.74, 6) is 0.494. The molecule has 0 saturated heterocycles. The van der Waals surface area contributed by atoms with Crippen LogP contribution in [0.3, 0.4) is 0 Å². The van der Waals surface area contributed by atoms with Gasteiger partial charge < -0.3 is 10.0 Å². The molecule has 0 amide bonds. The lowest BCUT2D eigenvalue weighted by Crippen LogP contribution is -2.39. The second kappa shape index (κ2) is 5.92. The number of hydrogen-bond acceptors (Lipinski definition) is 2. The Bertz CT molecular complexity index is 256. The number of aliphatic hydroxyl groups excluding tert-OH is 1. The van der Waals surface area contributed by atoms with E-state index in [4.69, 9.17) is 0 Å². The predicted molar refractivity (Wildman–Crippen MR) is 76.6 cm³/mol. The molecule has 2 nitrogen and oxygen atoms in total. The molecule has 0 aromatic rings. The van der Waals surface area contributed by atoms with Gasteiger partial charge >= 0.3 is 0 Å². The smallest absolute Gasteiger partial charge is 0.0631 e. The minimum Gasteiger partial charge on any atom is -0.392 e. The van der Waals surface area contributed by atoms with Crippen molar-refractivity contribution >= 4 is 0 Å². The molecule has 0 aliphatic heterocycles. The Balaban J connectivity index is 1.85. The zero-order valence-corrected chi connectivity index (χ0v) is 12.5. The zero-order chi connectivity index (χ0) is 13.2. The second-order valence-corrected chi connectivity index (χ2v) is 7.32. The van der Waals surface area contributed by atoms with Crippen LogP contribution in [0.5, 0.6) is 0 Å². The molecule has 2 rings (SSSR count). The highest BCUT2D eigenvalue weighted by Gasteiger charge is 2.41. The summed E-state index contributed by atoms with van der Waals surface area (Å²) in [6.45, 7) is 5.52. The quantitative estimate of drug-likeness (QED) is 0.779. The Morgan fingerprint density at radius 3 is 2.17 bits per heavy atom. The first-order valence-electron chi connectivity index (χ1n) is 7.89. The third-order valence-electron chi connectivity index (χ3n) is 5.38. The highest BCUT2D eigenvalue weighted by Crippen LogP contribution is 2.41. The van der Waals surface area contributed by atoms with Crippen molar-refractivity contribution in [3.05, 3.63) is 0 Å². The lowest BCUT2D eigenvalue weighted by atomic mass is 9.87. The van der Waals surface area contributed by atoms with Crippen LogP contribution in [-0.2, 0) is 0 Å². The summed E-state index contributed by atoms with van der Waals surface area (Å²) in [4.78, 5) is 2.54. The van der Waals surface area contributed by atoms with Crippen LogP contribution in [0.1, 0.15) is 65.2 Å². The molecule has 2 aliphatic carbocycles. The first-order chi connectivity index (χ1) is 8.50. The van der Waals surface area contributed by atoms with E-state index in [-0.39, 0.29) is 11.5 Å². The van der Waals surface area contributed by atoms with Crippen LogP contribution in [0.4, 0.5) is 0 Å². The summed E-state index contributed by atoms with van der Waals surface area (Å²) in [5, 5.41) is 10.4. The molecule has 0 bridgehead atoms. The molecule has 0 radical (unpaired) electrons. The molecule has 0 aromatic heterocycles. The summed E-state index contributed by atoms with van der Waals surface area (Å²) < 4.78 is 0. The molecule has 0 spiro atoms. The van der Waals surface area contributed by atoms with E-state index in [1.165, 1.54) is 51.4 Å². The van der Waals surface area contributed by atoms with Gasteiger partial charge in [0.15, 0.2) is 0 Å². The Morgan fingerprint density at radius 2 is 1.67 bits per heavy atom. The van der Waals surface area contributed by atoms with Gasteiger partial charge in [-0.05, 0) is 44.1 Å². The Labute approximate surface area is 113 Å². The molecule has 18 heavy (non-hydrogen) atoms. The van der Waals surface area contributed by atoms with E-state index < -0.39 is 0 Å². The highest BCUT2D eigenvalue weighted by atomic mass is 16.3. The Hall–Kier alpha value is -0.0800. The predicted octanol–water partition coefficient (Wildman–Crippen LogP) is 3.44. The van der Waals surface area contributed by atoms with E-state index in [1.807, 2.05) is 0 Å². The maximum atomic E-state index is 10.4. The summed E-state index contributed by atoms with van der Waals surface area (Å²) in [6, 6.07) is 0.767. The average Bonchev–Trinajstić information content (AvgIpc) is 2.57. The van der Waals surface area contributed by atoms with Crippen molar-refractivity contribution in [1.82, 2.24) is 4.90 Å². The number of rotatable bonds is 3. The minimum absolute atomic E-state index is 0.106. The van der Waals surface area contributed by atoms with Crippen LogP contribution in [0, 0.1) is 11.3 Å². The van der Waals surface area contributed by atoms with E-state index in [0.717, 1.165) is 12.6 Å². The van der Waals surface area contributed by atoms with E-state index >= 15 is 0 Å². The monoisotopic (exact) mass is 253 g/mol.